The molecule has 0 amide bonds. The van der Waals surface area contributed by atoms with Crippen molar-refractivity contribution in [2.24, 2.45) is 0 Å². The van der Waals surface area contributed by atoms with Crippen LogP contribution >= 0.6 is 0 Å². The first-order valence-corrected chi connectivity index (χ1v) is 6.17. The molecule has 9 nitrogen and oxygen atoms in total. The van der Waals surface area contributed by atoms with Crippen molar-refractivity contribution < 1.29 is 42.9 Å². The summed E-state index contributed by atoms with van der Waals surface area (Å²) in [6.07, 6.45) is -5.63. The largest absolute Gasteiger partial charge is 0.452 e. The lowest BCUT2D eigenvalue weighted by Gasteiger charge is -2.20. The molecule has 0 N–H and O–H groups in total. The van der Waals surface area contributed by atoms with Gasteiger partial charge in [-0.3, -0.25) is 14.4 Å². The minimum Gasteiger partial charge on any atom is -0.452 e. The second kappa shape index (κ2) is 5.68. The van der Waals surface area contributed by atoms with Crippen LogP contribution < -0.4 is 0 Å². The lowest BCUT2D eigenvalue weighted by atomic mass is 10.1. The van der Waals surface area contributed by atoms with Crippen LogP contribution in [-0.2, 0) is 42.9 Å². The Morgan fingerprint density at radius 3 is 2.00 bits per heavy atom. The summed E-state index contributed by atoms with van der Waals surface area (Å²) in [5.74, 6) is -2.82. The number of ether oxygens (including phenoxy) is 5. The second-order valence-electron chi connectivity index (χ2n) is 4.58. The highest BCUT2D eigenvalue weighted by Crippen LogP contribution is 2.35. The topological polar surface area (TPSA) is 114 Å². The van der Waals surface area contributed by atoms with Crippen molar-refractivity contribution in [2.45, 2.75) is 51.5 Å². The van der Waals surface area contributed by atoms with Crippen LogP contribution in [0.15, 0.2) is 0 Å². The number of fused-ring (bicyclic) bond motifs is 1. The van der Waals surface area contributed by atoms with E-state index in [1.54, 1.807) is 0 Å². The molecule has 0 aromatic rings. The summed E-state index contributed by atoms with van der Waals surface area (Å²) in [6, 6.07) is 0. The van der Waals surface area contributed by atoms with E-state index in [2.05, 4.69) is 0 Å². The molecule has 2 heterocycles. The molecule has 0 aromatic carbocycles. The van der Waals surface area contributed by atoms with Crippen molar-refractivity contribution in [3.05, 3.63) is 0 Å². The fourth-order valence-electron chi connectivity index (χ4n) is 2.23. The minimum atomic E-state index is -1.29. The van der Waals surface area contributed by atoms with E-state index in [1.165, 1.54) is 0 Å². The molecule has 0 radical (unpaired) electrons. The predicted molar refractivity (Wildman–Crippen MR) is 61.4 cm³/mol. The summed E-state index contributed by atoms with van der Waals surface area (Å²) in [7, 11) is 0. The van der Waals surface area contributed by atoms with E-state index in [-0.39, 0.29) is 0 Å². The predicted octanol–water partition coefficient (Wildman–Crippen LogP) is -0.937. The van der Waals surface area contributed by atoms with Crippen LogP contribution in [0.1, 0.15) is 20.8 Å². The maximum Gasteiger partial charge on any atom is 0.350 e. The van der Waals surface area contributed by atoms with E-state index in [0.717, 1.165) is 20.8 Å². The summed E-state index contributed by atoms with van der Waals surface area (Å²) in [5, 5.41) is 0. The second-order valence-corrected chi connectivity index (χ2v) is 4.58. The van der Waals surface area contributed by atoms with E-state index in [9.17, 15) is 19.2 Å². The zero-order chi connectivity index (χ0) is 15.7. The summed E-state index contributed by atoms with van der Waals surface area (Å²) in [4.78, 5) is 44.8. The quantitative estimate of drug-likeness (QED) is 0.481. The number of esters is 4. The van der Waals surface area contributed by atoms with Crippen LogP contribution in [-0.4, -0.2) is 54.6 Å². The monoisotopic (exact) mass is 302 g/mol. The Morgan fingerprint density at radius 1 is 0.905 bits per heavy atom. The van der Waals surface area contributed by atoms with Gasteiger partial charge in [0.25, 0.3) is 0 Å². The van der Waals surface area contributed by atoms with Crippen LogP contribution in [0.3, 0.4) is 0 Å². The normalized spacial score (nSPS) is 33.9. The highest BCUT2D eigenvalue weighted by molar-refractivity contribution is 5.82. The Morgan fingerprint density at radius 2 is 1.48 bits per heavy atom. The molecule has 116 valence electrons. The van der Waals surface area contributed by atoms with Crippen molar-refractivity contribution in [3.63, 3.8) is 0 Å². The molecule has 5 atom stereocenters. The Hall–Kier alpha value is -2.16. The Balaban J connectivity index is 2.19. The van der Waals surface area contributed by atoms with Crippen molar-refractivity contribution in [1.29, 1.82) is 0 Å². The zero-order valence-electron chi connectivity index (χ0n) is 11.6. The van der Waals surface area contributed by atoms with E-state index < -0.39 is 54.6 Å². The highest BCUT2D eigenvalue weighted by atomic mass is 16.8. The molecule has 0 aliphatic carbocycles. The van der Waals surface area contributed by atoms with Gasteiger partial charge in [0.15, 0.2) is 12.2 Å². The number of carbonyl (C=O) groups is 4. The maximum atomic E-state index is 11.7. The molecule has 0 aromatic heterocycles. The SMILES string of the molecule is CC(=O)O[C@H]1O[C@H]2[C@H](OC(=O)[C@H]2OC(C)=O)[C@@H]1OC(C)=O. The van der Waals surface area contributed by atoms with Crippen LogP contribution in [0.25, 0.3) is 0 Å². The molecule has 2 fully saturated rings. The zero-order valence-corrected chi connectivity index (χ0v) is 11.6. The molecule has 21 heavy (non-hydrogen) atoms. The van der Waals surface area contributed by atoms with Gasteiger partial charge in [-0.05, 0) is 0 Å². The summed E-state index contributed by atoms with van der Waals surface area (Å²) < 4.78 is 25.1. The molecule has 2 rings (SSSR count). The molecule has 0 unspecified atom stereocenters. The highest BCUT2D eigenvalue weighted by Gasteiger charge is 2.61. The first-order valence-electron chi connectivity index (χ1n) is 6.17. The third-order valence-corrected chi connectivity index (χ3v) is 2.87. The molecule has 2 aliphatic heterocycles. The van der Waals surface area contributed by atoms with Crippen molar-refractivity contribution in [3.8, 4) is 0 Å². The van der Waals surface area contributed by atoms with Gasteiger partial charge in [-0.1, -0.05) is 0 Å². The van der Waals surface area contributed by atoms with Gasteiger partial charge < -0.3 is 23.7 Å². The van der Waals surface area contributed by atoms with Crippen LogP contribution in [0, 0.1) is 0 Å². The molecule has 2 saturated heterocycles. The first kappa shape index (κ1) is 15.2. The van der Waals surface area contributed by atoms with E-state index in [0.29, 0.717) is 0 Å². The molecule has 0 bridgehead atoms. The molecular weight excluding hydrogens is 288 g/mol. The summed E-state index contributed by atoms with van der Waals surface area (Å²) >= 11 is 0. The van der Waals surface area contributed by atoms with Gasteiger partial charge in [0.05, 0.1) is 0 Å². The van der Waals surface area contributed by atoms with Crippen molar-refractivity contribution >= 4 is 23.9 Å². The lowest BCUT2D eigenvalue weighted by Crippen LogP contribution is -2.38. The van der Waals surface area contributed by atoms with Crippen LogP contribution in [0.5, 0.6) is 0 Å². The first-order chi connectivity index (χ1) is 9.79. The van der Waals surface area contributed by atoms with Gasteiger partial charge in [0, 0.05) is 20.8 Å². The Bertz CT molecular complexity index is 485. The third-order valence-electron chi connectivity index (χ3n) is 2.87. The standard InChI is InChI=1S/C12H14O9/c1-4(13)17-9-7-8(20-11(9)16)10(18-5(2)14)12(21-7)19-6(3)15/h7-10,12H,1-3H3/t7-,8-,9-,10-,12-/m0/s1. The maximum absolute atomic E-state index is 11.7. The number of hydrogen-bond acceptors (Lipinski definition) is 9. The average molecular weight is 302 g/mol. The molecule has 0 spiro atoms. The van der Waals surface area contributed by atoms with Crippen LogP contribution in [0.2, 0.25) is 0 Å². The van der Waals surface area contributed by atoms with Crippen molar-refractivity contribution in [1.82, 2.24) is 0 Å². The van der Waals surface area contributed by atoms with Crippen molar-refractivity contribution in [2.75, 3.05) is 0 Å². The molecule has 9 heteroatoms. The van der Waals surface area contributed by atoms with Gasteiger partial charge in [0.2, 0.25) is 18.5 Å². The third kappa shape index (κ3) is 3.13. The number of hydrogen-bond donors (Lipinski definition) is 0. The Kier molecular flexibility index (Phi) is 4.12. The fraction of sp³-hybridized carbons (Fsp3) is 0.667. The fourth-order valence-corrected chi connectivity index (χ4v) is 2.23. The van der Waals surface area contributed by atoms with Gasteiger partial charge >= 0.3 is 23.9 Å². The molecular formula is C12H14O9. The van der Waals surface area contributed by atoms with Crippen LogP contribution in [0.4, 0.5) is 0 Å². The molecule has 0 saturated carbocycles. The molecule has 2 aliphatic rings. The summed E-state index contributed by atoms with van der Waals surface area (Å²) in [5.41, 5.74) is 0. The lowest BCUT2D eigenvalue weighted by molar-refractivity contribution is -0.205. The van der Waals surface area contributed by atoms with Gasteiger partial charge in [-0.25, -0.2) is 4.79 Å². The van der Waals surface area contributed by atoms with E-state index in [1.807, 2.05) is 0 Å². The van der Waals surface area contributed by atoms with E-state index in [4.69, 9.17) is 23.7 Å². The average Bonchev–Trinajstić information content (AvgIpc) is 2.78. The smallest absolute Gasteiger partial charge is 0.350 e. The van der Waals surface area contributed by atoms with E-state index >= 15 is 0 Å². The van der Waals surface area contributed by atoms with Gasteiger partial charge in [-0.15, -0.1) is 0 Å². The Labute approximate surface area is 119 Å². The van der Waals surface area contributed by atoms with Gasteiger partial charge in [-0.2, -0.15) is 0 Å². The minimum absolute atomic E-state index is 0.659. The number of rotatable bonds is 3. The summed E-state index contributed by atoms with van der Waals surface area (Å²) in [6.45, 7) is 3.43. The number of carbonyl (C=O) groups excluding carboxylic acids is 4. The van der Waals surface area contributed by atoms with Gasteiger partial charge in [0.1, 0.15) is 0 Å².